The molecular formula is C20H21BrN4O5. The van der Waals surface area contributed by atoms with E-state index in [1.54, 1.807) is 24.3 Å². The lowest BCUT2D eigenvalue weighted by Crippen LogP contribution is -2.41. The highest BCUT2D eigenvalue weighted by molar-refractivity contribution is 9.10. The van der Waals surface area contributed by atoms with Crippen molar-refractivity contribution in [3.63, 3.8) is 0 Å². The van der Waals surface area contributed by atoms with Gasteiger partial charge in [-0.25, -0.2) is 15.6 Å². The predicted molar refractivity (Wildman–Crippen MR) is 113 cm³/mol. The van der Waals surface area contributed by atoms with Crippen LogP contribution in [0.25, 0.3) is 0 Å². The van der Waals surface area contributed by atoms with E-state index in [-0.39, 0.29) is 6.04 Å². The lowest BCUT2D eigenvalue weighted by atomic mass is 10.0. The molecule has 30 heavy (non-hydrogen) atoms. The van der Waals surface area contributed by atoms with Crippen LogP contribution in [0, 0.1) is 0 Å². The van der Waals surface area contributed by atoms with Gasteiger partial charge in [-0.15, -0.1) is 0 Å². The molecule has 1 aliphatic heterocycles. The van der Waals surface area contributed by atoms with E-state index in [0.29, 0.717) is 17.9 Å². The number of hydrogen-bond acceptors (Lipinski definition) is 7. The van der Waals surface area contributed by atoms with Crippen molar-refractivity contribution in [2.24, 2.45) is 0 Å². The number of ether oxygens (including phenoxy) is 2. The standard InChI is InChI=1S/C20H21BrN4O5/c1-29-15-8-6-14(7-9-15)22-20(28)23-18(26)11-30-19(27)17-10-16(24-25-17)12-2-4-13(21)5-3-12/h2-9,16-17,24-25H,10-11H2,1H3,(H2,22,23,26,28). The van der Waals surface area contributed by atoms with Crippen molar-refractivity contribution in [2.75, 3.05) is 19.0 Å². The maximum absolute atomic E-state index is 12.2. The molecule has 0 aliphatic carbocycles. The fourth-order valence-corrected chi connectivity index (χ4v) is 3.13. The minimum atomic E-state index is -0.732. The van der Waals surface area contributed by atoms with Gasteiger partial charge >= 0.3 is 12.0 Å². The minimum Gasteiger partial charge on any atom is -0.497 e. The summed E-state index contributed by atoms with van der Waals surface area (Å²) in [5.74, 6) is -0.668. The normalized spacial score (nSPS) is 17.8. The third-order valence-electron chi connectivity index (χ3n) is 4.41. The summed E-state index contributed by atoms with van der Waals surface area (Å²) in [5.41, 5.74) is 7.41. The molecule has 2 unspecified atom stereocenters. The van der Waals surface area contributed by atoms with Crippen molar-refractivity contribution < 1.29 is 23.9 Å². The Bertz CT molecular complexity index is 904. The summed E-state index contributed by atoms with van der Waals surface area (Å²) in [4.78, 5) is 35.9. The molecule has 158 valence electrons. The van der Waals surface area contributed by atoms with Crippen LogP contribution in [0.1, 0.15) is 18.0 Å². The molecule has 0 aromatic heterocycles. The molecule has 10 heteroatoms. The van der Waals surface area contributed by atoms with Gasteiger partial charge in [0.15, 0.2) is 6.61 Å². The number of imide groups is 1. The highest BCUT2D eigenvalue weighted by atomic mass is 79.9. The van der Waals surface area contributed by atoms with Crippen LogP contribution in [0.3, 0.4) is 0 Å². The summed E-state index contributed by atoms with van der Waals surface area (Å²) in [6.07, 6.45) is 0.472. The zero-order valence-corrected chi connectivity index (χ0v) is 17.7. The second-order valence-corrected chi connectivity index (χ2v) is 7.44. The van der Waals surface area contributed by atoms with Crippen molar-refractivity contribution in [1.29, 1.82) is 0 Å². The monoisotopic (exact) mass is 476 g/mol. The first-order chi connectivity index (χ1) is 14.4. The van der Waals surface area contributed by atoms with Gasteiger partial charge in [0.2, 0.25) is 0 Å². The third kappa shape index (κ3) is 6.02. The number of esters is 1. The average Bonchev–Trinajstić information content (AvgIpc) is 3.23. The van der Waals surface area contributed by atoms with Crippen molar-refractivity contribution >= 4 is 39.5 Å². The number of anilines is 1. The van der Waals surface area contributed by atoms with Gasteiger partial charge in [-0.3, -0.25) is 14.9 Å². The van der Waals surface area contributed by atoms with Gasteiger partial charge in [0, 0.05) is 16.2 Å². The van der Waals surface area contributed by atoms with E-state index in [9.17, 15) is 14.4 Å². The summed E-state index contributed by atoms with van der Waals surface area (Å²) in [6, 6.07) is 13.0. The number of urea groups is 1. The topological polar surface area (TPSA) is 118 Å². The molecular weight excluding hydrogens is 456 g/mol. The Labute approximate surface area is 181 Å². The Morgan fingerprint density at radius 3 is 2.43 bits per heavy atom. The number of nitrogens with one attached hydrogen (secondary N) is 4. The minimum absolute atomic E-state index is 0.0558. The second-order valence-electron chi connectivity index (χ2n) is 6.52. The number of methoxy groups -OCH3 is 1. The number of hydrazine groups is 1. The van der Waals surface area contributed by atoms with E-state index < -0.39 is 30.6 Å². The zero-order chi connectivity index (χ0) is 21.5. The summed E-state index contributed by atoms with van der Waals surface area (Å²) < 4.78 is 11.0. The van der Waals surface area contributed by atoms with Gasteiger partial charge in [-0.05, 0) is 48.4 Å². The predicted octanol–water partition coefficient (Wildman–Crippen LogP) is 2.26. The molecule has 1 fully saturated rings. The lowest BCUT2D eigenvalue weighted by Gasteiger charge is -2.11. The molecule has 2 aromatic rings. The first-order valence-corrected chi connectivity index (χ1v) is 9.92. The molecule has 0 saturated carbocycles. The fourth-order valence-electron chi connectivity index (χ4n) is 2.86. The summed E-state index contributed by atoms with van der Waals surface area (Å²) in [7, 11) is 1.53. The van der Waals surface area contributed by atoms with E-state index in [1.807, 2.05) is 24.3 Å². The first kappa shape index (κ1) is 21.8. The smallest absolute Gasteiger partial charge is 0.325 e. The quantitative estimate of drug-likeness (QED) is 0.472. The van der Waals surface area contributed by atoms with Crippen LogP contribution in [0.15, 0.2) is 53.0 Å². The third-order valence-corrected chi connectivity index (χ3v) is 4.94. The van der Waals surface area contributed by atoms with Crippen molar-refractivity contribution in [1.82, 2.24) is 16.2 Å². The highest BCUT2D eigenvalue weighted by Crippen LogP contribution is 2.24. The van der Waals surface area contributed by atoms with Gasteiger partial charge < -0.3 is 14.8 Å². The van der Waals surface area contributed by atoms with Crippen LogP contribution >= 0.6 is 15.9 Å². The first-order valence-electron chi connectivity index (χ1n) is 9.12. The number of hydrogen-bond donors (Lipinski definition) is 4. The number of halogens is 1. The molecule has 9 nitrogen and oxygen atoms in total. The Hall–Kier alpha value is -2.95. The maximum Gasteiger partial charge on any atom is 0.325 e. The molecule has 3 rings (SSSR count). The van der Waals surface area contributed by atoms with Gasteiger partial charge in [0.1, 0.15) is 11.8 Å². The van der Waals surface area contributed by atoms with Gasteiger partial charge in [-0.1, -0.05) is 28.1 Å². The molecule has 3 amide bonds. The number of rotatable bonds is 6. The molecule has 1 heterocycles. The van der Waals surface area contributed by atoms with Crippen LogP contribution in [0.4, 0.5) is 10.5 Å². The Kier molecular flexibility index (Phi) is 7.39. The Morgan fingerprint density at radius 2 is 1.77 bits per heavy atom. The summed E-state index contributed by atoms with van der Waals surface area (Å²) >= 11 is 3.38. The maximum atomic E-state index is 12.2. The van der Waals surface area contributed by atoms with Crippen molar-refractivity contribution in [3.8, 4) is 5.75 Å². The zero-order valence-electron chi connectivity index (χ0n) is 16.1. The van der Waals surface area contributed by atoms with Crippen LogP contribution in [0.5, 0.6) is 5.75 Å². The molecule has 4 N–H and O–H groups in total. The Morgan fingerprint density at radius 1 is 1.07 bits per heavy atom. The highest BCUT2D eigenvalue weighted by Gasteiger charge is 2.31. The summed E-state index contributed by atoms with van der Waals surface area (Å²) in [5, 5.41) is 4.61. The molecule has 1 aliphatic rings. The average molecular weight is 477 g/mol. The molecule has 0 spiro atoms. The van der Waals surface area contributed by atoms with Crippen molar-refractivity contribution in [2.45, 2.75) is 18.5 Å². The second kappa shape index (κ2) is 10.2. The van der Waals surface area contributed by atoms with Crippen LogP contribution < -0.4 is 26.2 Å². The molecule has 0 bridgehead atoms. The summed E-state index contributed by atoms with van der Waals surface area (Å²) in [6.45, 7) is -0.560. The van der Waals surface area contributed by atoms with Crippen LogP contribution in [-0.4, -0.2) is 37.7 Å². The van der Waals surface area contributed by atoms with E-state index in [0.717, 1.165) is 10.0 Å². The van der Waals surface area contributed by atoms with E-state index in [2.05, 4.69) is 37.4 Å². The molecule has 2 atom stereocenters. The largest absolute Gasteiger partial charge is 0.497 e. The van der Waals surface area contributed by atoms with Crippen LogP contribution in [-0.2, 0) is 14.3 Å². The van der Waals surface area contributed by atoms with E-state index >= 15 is 0 Å². The molecule has 0 radical (unpaired) electrons. The van der Waals surface area contributed by atoms with Crippen LogP contribution in [0.2, 0.25) is 0 Å². The lowest BCUT2D eigenvalue weighted by molar-refractivity contribution is -0.150. The molecule has 1 saturated heterocycles. The fraction of sp³-hybridized carbons (Fsp3) is 0.250. The molecule has 2 aromatic carbocycles. The number of carbonyl (C=O) groups excluding carboxylic acids is 3. The van der Waals surface area contributed by atoms with E-state index in [1.165, 1.54) is 7.11 Å². The number of benzene rings is 2. The van der Waals surface area contributed by atoms with E-state index in [4.69, 9.17) is 9.47 Å². The number of amides is 3. The Balaban J connectivity index is 1.40. The van der Waals surface area contributed by atoms with Gasteiger partial charge in [0.05, 0.1) is 7.11 Å². The van der Waals surface area contributed by atoms with Gasteiger partial charge in [0.25, 0.3) is 5.91 Å². The van der Waals surface area contributed by atoms with Crippen molar-refractivity contribution in [3.05, 3.63) is 58.6 Å². The SMILES string of the molecule is COc1ccc(NC(=O)NC(=O)COC(=O)C2CC(c3ccc(Br)cc3)NN2)cc1. The number of carbonyl (C=O) groups is 3. The van der Waals surface area contributed by atoms with Gasteiger partial charge in [-0.2, -0.15) is 0 Å².